The Kier molecular flexibility index (Phi) is 2.82. The fourth-order valence-electron chi connectivity index (χ4n) is 2.82. The topological polar surface area (TPSA) is 4.93 Å². The zero-order chi connectivity index (χ0) is 14.4. The van der Waals surface area contributed by atoms with Gasteiger partial charge in [-0.1, -0.05) is 34.1 Å². The minimum atomic E-state index is -0.213. The lowest BCUT2D eigenvalue weighted by atomic mass is 10.1. The molecule has 21 heavy (non-hydrogen) atoms. The highest BCUT2D eigenvalue weighted by Gasteiger charge is 2.12. The van der Waals surface area contributed by atoms with Crippen molar-refractivity contribution in [2.75, 3.05) is 0 Å². The number of fused-ring (bicyclic) bond motifs is 3. The predicted octanol–water partition coefficient (Wildman–Crippen LogP) is 5.69. The summed E-state index contributed by atoms with van der Waals surface area (Å²) in [7, 11) is 0. The normalized spacial score (nSPS) is 11.3. The molecule has 0 aliphatic heterocycles. The molecule has 0 saturated heterocycles. The maximum absolute atomic E-state index is 13.7. The monoisotopic (exact) mass is 339 g/mol. The van der Waals surface area contributed by atoms with Gasteiger partial charge in [-0.2, -0.15) is 0 Å². The van der Waals surface area contributed by atoms with Crippen LogP contribution in [0.3, 0.4) is 0 Å². The summed E-state index contributed by atoms with van der Waals surface area (Å²) in [5, 5.41) is 1.97. The van der Waals surface area contributed by atoms with E-state index in [1.807, 2.05) is 36.4 Å². The molecule has 0 atom stereocenters. The van der Waals surface area contributed by atoms with Crippen LogP contribution >= 0.6 is 15.9 Å². The van der Waals surface area contributed by atoms with Crippen molar-refractivity contribution < 1.29 is 4.39 Å². The van der Waals surface area contributed by atoms with Crippen LogP contribution in [-0.4, -0.2) is 4.57 Å². The van der Waals surface area contributed by atoms with Gasteiger partial charge in [-0.05, 0) is 48.5 Å². The van der Waals surface area contributed by atoms with Crippen LogP contribution in [-0.2, 0) is 0 Å². The summed E-state index contributed by atoms with van der Waals surface area (Å²) in [6, 6.07) is 21.2. The molecule has 0 aliphatic carbocycles. The van der Waals surface area contributed by atoms with Gasteiger partial charge in [0.15, 0.2) is 0 Å². The molecule has 1 aromatic heterocycles. The molecule has 4 rings (SSSR count). The van der Waals surface area contributed by atoms with Crippen molar-refractivity contribution in [1.82, 2.24) is 4.57 Å². The Morgan fingerprint density at radius 1 is 0.762 bits per heavy atom. The maximum atomic E-state index is 13.7. The Balaban J connectivity index is 2.22. The summed E-state index contributed by atoms with van der Waals surface area (Å²) in [6.07, 6.45) is 0. The molecule has 0 unspecified atom stereocenters. The Morgan fingerprint density at radius 2 is 1.43 bits per heavy atom. The molecule has 0 amide bonds. The fourth-order valence-corrected chi connectivity index (χ4v) is 3.18. The first-order valence-electron chi connectivity index (χ1n) is 6.69. The van der Waals surface area contributed by atoms with Crippen LogP contribution in [0.5, 0.6) is 0 Å². The van der Waals surface area contributed by atoms with Crippen LogP contribution in [0.1, 0.15) is 0 Å². The molecule has 1 heterocycles. The van der Waals surface area contributed by atoms with Gasteiger partial charge in [0.25, 0.3) is 0 Å². The Hall–Kier alpha value is -2.13. The van der Waals surface area contributed by atoms with Gasteiger partial charge in [-0.25, -0.2) is 4.39 Å². The van der Waals surface area contributed by atoms with Crippen molar-refractivity contribution in [3.05, 3.63) is 77.0 Å². The third-order valence-corrected chi connectivity index (χ3v) is 4.20. The summed E-state index contributed by atoms with van der Waals surface area (Å²) in [6.45, 7) is 0. The highest BCUT2D eigenvalue weighted by molar-refractivity contribution is 9.10. The Labute approximate surface area is 129 Å². The van der Waals surface area contributed by atoms with Crippen molar-refractivity contribution in [3.63, 3.8) is 0 Å². The first-order chi connectivity index (χ1) is 10.2. The van der Waals surface area contributed by atoms with Gasteiger partial charge in [-0.15, -0.1) is 0 Å². The lowest BCUT2D eigenvalue weighted by Gasteiger charge is -2.07. The minimum absolute atomic E-state index is 0.213. The predicted molar refractivity (Wildman–Crippen MR) is 88.4 cm³/mol. The van der Waals surface area contributed by atoms with E-state index in [2.05, 4.69) is 38.7 Å². The van der Waals surface area contributed by atoms with E-state index in [-0.39, 0.29) is 5.82 Å². The molecular formula is C18H11BrFN. The standard InChI is InChI=1S/C18H11BrFN/c19-12-6-8-17-15(10-12)16-11-13(20)7-9-18(16)21(17)14-4-2-1-3-5-14/h1-11H. The summed E-state index contributed by atoms with van der Waals surface area (Å²) in [5.74, 6) is -0.213. The van der Waals surface area contributed by atoms with E-state index in [1.54, 1.807) is 6.07 Å². The molecule has 4 aromatic rings. The largest absolute Gasteiger partial charge is 0.309 e. The van der Waals surface area contributed by atoms with Gasteiger partial charge in [0.1, 0.15) is 5.82 Å². The van der Waals surface area contributed by atoms with E-state index in [9.17, 15) is 4.39 Å². The number of para-hydroxylation sites is 1. The molecule has 0 aliphatic rings. The fraction of sp³-hybridized carbons (Fsp3) is 0. The first kappa shape index (κ1) is 12.6. The van der Waals surface area contributed by atoms with Crippen LogP contribution in [0.2, 0.25) is 0 Å². The van der Waals surface area contributed by atoms with E-state index < -0.39 is 0 Å². The van der Waals surface area contributed by atoms with Gasteiger partial charge in [0.05, 0.1) is 11.0 Å². The zero-order valence-corrected chi connectivity index (χ0v) is 12.6. The molecule has 3 heteroatoms. The molecule has 3 aromatic carbocycles. The van der Waals surface area contributed by atoms with E-state index in [4.69, 9.17) is 0 Å². The number of hydrogen-bond donors (Lipinski definition) is 0. The van der Waals surface area contributed by atoms with Crippen molar-refractivity contribution >= 4 is 37.7 Å². The van der Waals surface area contributed by atoms with Crippen LogP contribution < -0.4 is 0 Å². The lowest BCUT2D eigenvalue weighted by molar-refractivity contribution is 0.629. The van der Waals surface area contributed by atoms with Crippen molar-refractivity contribution in [1.29, 1.82) is 0 Å². The van der Waals surface area contributed by atoms with E-state index >= 15 is 0 Å². The molecule has 0 N–H and O–H groups in total. The van der Waals surface area contributed by atoms with Crippen molar-refractivity contribution in [2.45, 2.75) is 0 Å². The number of halogens is 2. The number of hydrogen-bond acceptors (Lipinski definition) is 0. The third-order valence-electron chi connectivity index (χ3n) is 3.70. The van der Waals surface area contributed by atoms with E-state index in [0.29, 0.717) is 0 Å². The molecule has 0 saturated carbocycles. The van der Waals surface area contributed by atoms with Gasteiger partial charge in [-0.3, -0.25) is 0 Å². The second-order valence-corrected chi connectivity index (χ2v) is 5.91. The molecule has 1 nitrogen and oxygen atoms in total. The third kappa shape index (κ3) is 1.96. The SMILES string of the molecule is Fc1ccc2c(c1)c1cc(Br)ccc1n2-c1ccccc1. The molecule has 102 valence electrons. The molecule has 0 bridgehead atoms. The minimum Gasteiger partial charge on any atom is -0.309 e. The highest BCUT2D eigenvalue weighted by atomic mass is 79.9. The summed E-state index contributed by atoms with van der Waals surface area (Å²) >= 11 is 3.50. The van der Waals surface area contributed by atoms with Gasteiger partial charge in [0.2, 0.25) is 0 Å². The number of aromatic nitrogens is 1. The molecule has 0 fully saturated rings. The lowest BCUT2D eigenvalue weighted by Crippen LogP contribution is -1.92. The molecule has 0 spiro atoms. The summed E-state index contributed by atoms with van der Waals surface area (Å²) in [4.78, 5) is 0. The number of benzene rings is 3. The second-order valence-electron chi connectivity index (χ2n) is 4.99. The average Bonchev–Trinajstić information content (AvgIpc) is 2.81. The summed E-state index contributed by atoms with van der Waals surface area (Å²) in [5.41, 5.74) is 3.16. The Morgan fingerprint density at radius 3 is 2.19 bits per heavy atom. The highest BCUT2D eigenvalue weighted by Crippen LogP contribution is 2.33. The first-order valence-corrected chi connectivity index (χ1v) is 7.48. The molecular weight excluding hydrogens is 329 g/mol. The maximum Gasteiger partial charge on any atom is 0.123 e. The number of nitrogens with zero attached hydrogens (tertiary/aromatic N) is 1. The second kappa shape index (κ2) is 4.71. The van der Waals surface area contributed by atoms with E-state index in [1.165, 1.54) is 6.07 Å². The molecule has 0 radical (unpaired) electrons. The van der Waals surface area contributed by atoms with Crippen LogP contribution in [0, 0.1) is 5.82 Å². The van der Waals surface area contributed by atoms with Crippen molar-refractivity contribution in [3.8, 4) is 5.69 Å². The smallest absolute Gasteiger partial charge is 0.123 e. The zero-order valence-electron chi connectivity index (χ0n) is 11.1. The van der Waals surface area contributed by atoms with Crippen LogP contribution in [0.4, 0.5) is 4.39 Å². The van der Waals surface area contributed by atoms with Crippen LogP contribution in [0.15, 0.2) is 71.2 Å². The average molecular weight is 340 g/mol. The van der Waals surface area contributed by atoms with Gasteiger partial charge in [0, 0.05) is 20.9 Å². The number of rotatable bonds is 1. The Bertz CT molecular complexity index is 898. The van der Waals surface area contributed by atoms with Crippen molar-refractivity contribution in [2.24, 2.45) is 0 Å². The van der Waals surface area contributed by atoms with Gasteiger partial charge < -0.3 is 4.57 Å². The quantitative estimate of drug-likeness (QED) is 0.420. The van der Waals surface area contributed by atoms with E-state index in [0.717, 1.165) is 32.0 Å². The van der Waals surface area contributed by atoms with Gasteiger partial charge >= 0.3 is 0 Å². The van der Waals surface area contributed by atoms with Crippen LogP contribution in [0.25, 0.3) is 27.5 Å². The summed E-state index contributed by atoms with van der Waals surface area (Å²) < 4.78 is 16.8.